The lowest BCUT2D eigenvalue weighted by molar-refractivity contribution is 0.672. The third-order valence-corrected chi connectivity index (χ3v) is 15.4. The molecule has 16 rings (SSSR count). The number of hydrogen-bond acceptors (Lipinski definition) is 5. The molecule has 0 saturated carbocycles. The second kappa shape index (κ2) is 17.1. The molecule has 0 aliphatic heterocycles. The maximum absolute atomic E-state index is 7.94. The Balaban J connectivity index is 1.02. The van der Waals surface area contributed by atoms with Gasteiger partial charge in [-0.2, -0.15) is 0 Å². The molecule has 0 unspecified atom stereocenters. The predicted molar refractivity (Wildman–Crippen MR) is 317 cm³/mol. The number of furan rings is 2. The second-order valence-electron chi connectivity index (χ2n) is 19.7. The molecule has 16 aromatic rings. The summed E-state index contributed by atoms with van der Waals surface area (Å²) < 4.78 is 18.3. The summed E-state index contributed by atoms with van der Waals surface area (Å²) in [4.78, 5) is 19.8. The zero-order chi connectivity index (χ0) is 51.4. The van der Waals surface area contributed by atoms with Crippen molar-refractivity contribution in [2.45, 2.75) is 0 Å². The number of fused-ring (bicyclic) bond motifs is 14. The topological polar surface area (TPSA) is 79.2 Å². The van der Waals surface area contributed by atoms with Crippen molar-refractivity contribution in [2.24, 2.45) is 0 Å². The Bertz CT molecular complexity index is 5120. The van der Waals surface area contributed by atoms with Gasteiger partial charge in [-0.1, -0.05) is 164 Å². The van der Waals surface area contributed by atoms with Crippen LogP contribution in [0.3, 0.4) is 0 Å². The van der Waals surface area contributed by atoms with E-state index in [2.05, 4.69) is 154 Å². The normalized spacial score (nSPS) is 11.8. The molecule has 0 amide bonds. The first-order chi connectivity index (χ1) is 38.6. The maximum atomic E-state index is 7.94. The van der Waals surface area contributed by atoms with E-state index in [4.69, 9.17) is 30.4 Å². The molecule has 11 aromatic carbocycles. The van der Waals surface area contributed by atoms with Gasteiger partial charge in [0.15, 0.2) is 23.2 Å². The molecule has 0 aliphatic carbocycles. The molecule has 0 fully saturated rings. The fraction of sp³-hybridized carbons (Fsp3) is 0. The van der Waals surface area contributed by atoms with E-state index in [1.165, 1.54) is 0 Å². The Morgan fingerprint density at radius 1 is 0.321 bits per heavy atom. The molecule has 5 aromatic heterocycles. The highest BCUT2D eigenvalue weighted by Gasteiger charge is 2.26. The van der Waals surface area contributed by atoms with E-state index in [1.54, 1.807) is 0 Å². The molecule has 0 atom stereocenters. The first kappa shape index (κ1) is 43.5. The van der Waals surface area contributed by atoms with Crippen LogP contribution in [-0.4, -0.2) is 24.1 Å². The summed E-state index contributed by atoms with van der Waals surface area (Å²) in [5.74, 6) is 1.64. The fourth-order valence-electron chi connectivity index (χ4n) is 11.9. The summed E-state index contributed by atoms with van der Waals surface area (Å²) in [6.07, 6.45) is 0. The molecular formula is C70H40N6O2. The Morgan fingerprint density at radius 2 is 0.769 bits per heavy atom. The van der Waals surface area contributed by atoms with E-state index in [1.807, 2.05) is 103 Å². The average molecular weight is 997 g/mol. The number of nitrogens with zero attached hydrogens (tertiary/aromatic N) is 6. The van der Waals surface area contributed by atoms with Crippen LogP contribution >= 0.6 is 0 Å². The lowest BCUT2D eigenvalue weighted by Gasteiger charge is -2.19. The minimum Gasteiger partial charge on any atom is -0.455 e. The van der Waals surface area contributed by atoms with E-state index < -0.39 is 0 Å². The Kier molecular flexibility index (Phi) is 9.53. The molecule has 0 aliphatic rings. The maximum Gasteiger partial charge on any atom is 0.187 e. The number of benzene rings is 11. The van der Waals surface area contributed by atoms with Crippen molar-refractivity contribution in [1.82, 2.24) is 24.1 Å². The van der Waals surface area contributed by atoms with Crippen LogP contribution in [-0.2, 0) is 0 Å². The number of hydrogen-bond donors (Lipinski definition) is 0. The highest BCUT2D eigenvalue weighted by Crippen LogP contribution is 2.46. The van der Waals surface area contributed by atoms with Gasteiger partial charge >= 0.3 is 0 Å². The number of para-hydroxylation sites is 4. The second-order valence-corrected chi connectivity index (χ2v) is 19.7. The highest BCUT2D eigenvalue weighted by molar-refractivity contribution is 6.25. The van der Waals surface area contributed by atoms with E-state index >= 15 is 0 Å². The number of rotatable bonds is 7. The van der Waals surface area contributed by atoms with Crippen molar-refractivity contribution < 1.29 is 8.83 Å². The summed E-state index contributed by atoms with van der Waals surface area (Å²) in [7, 11) is 0. The van der Waals surface area contributed by atoms with E-state index in [9.17, 15) is 0 Å². The third kappa shape index (κ3) is 6.62. The zero-order valence-electron chi connectivity index (χ0n) is 41.6. The molecule has 362 valence electrons. The highest BCUT2D eigenvalue weighted by atomic mass is 16.3. The SMILES string of the molecule is [C-]#[N+]c1cccc(-c2ccc(-n3c4ccccc4c4c5oc6ccccc6c5ccc43)c(-c3ccc(-n4c5ccccc5c5c6oc7ccccc7c6ccc54)c(-c4nc(-c5ccccc5)nc(-c5ccccc5)n4)c3)c2)c1. The first-order valence-electron chi connectivity index (χ1n) is 25.9. The first-order valence-corrected chi connectivity index (χ1v) is 25.9. The molecule has 8 nitrogen and oxygen atoms in total. The minimum atomic E-state index is 0.516. The van der Waals surface area contributed by atoms with E-state index in [0.717, 1.165) is 138 Å². The summed E-state index contributed by atoms with van der Waals surface area (Å²) in [6, 6.07) is 83.9. The minimum absolute atomic E-state index is 0.516. The van der Waals surface area contributed by atoms with E-state index in [-0.39, 0.29) is 0 Å². The molecule has 8 heteroatoms. The van der Waals surface area contributed by atoms with Crippen molar-refractivity contribution in [2.75, 3.05) is 0 Å². The molecule has 0 bridgehead atoms. The van der Waals surface area contributed by atoms with Gasteiger partial charge in [0.2, 0.25) is 0 Å². The molecule has 0 radical (unpaired) electrons. The van der Waals surface area contributed by atoms with Crippen LogP contribution in [0.15, 0.2) is 251 Å². The number of aromatic nitrogens is 5. The molecule has 0 N–H and O–H groups in total. The van der Waals surface area contributed by atoms with Gasteiger partial charge in [0.05, 0.1) is 50.8 Å². The summed E-state index contributed by atoms with van der Waals surface area (Å²) in [6.45, 7) is 7.94. The van der Waals surface area contributed by atoms with Crippen molar-refractivity contribution in [1.29, 1.82) is 0 Å². The van der Waals surface area contributed by atoms with Crippen LogP contribution in [0, 0.1) is 6.57 Å². The Morgan fingerprint density at radius 3 is 1.33 bits per heavy atom. The van der Waals surface area contributed by atoms with Crippen LogP contribution in [0.25, 0.3) is 160 Å². The van der Waals surface area contributed by atoms with Crippen molar-refractivity contribution in [3.63, 3.8) is 0 Å². The van der Waals surface area contributed by atoms with Gasteiger partial charge in [0, 0.05) is 54.6 Å². The predicted octanol–water partition coefficient (Wildman–Crippen LogP) is 18.8. The lowest BCUT2D eigenvalue weighted by Crippen LogP contribution is -2.04. The van der Waals surface area contributed by atoms with Crippen LogP contribution in [0.1, 0.15) is 0 Å². The largest absolute Gasteiger partial charge is 0.455 e. The van der Waals surface area contributed by atoms with Gasteiger partial charge in [-0.25, -0.2) is 19.8 Å². The van der Waals surface area contributed by atoms with Crippen molar-refractivity contribution >= 4 is 93.2 Å². The van der Waals surface area contributed by atoms with Crippen LogP contribution in [0.5, 0.6) is 0 Å². The van der Waals surface area contributed by atoms with Crippen LogP contribution in [0.4, 0.5) is 5.69 Å². The standard InChI is InChI=1S/C70H40N6O2/c1-71-47-22-16-21-44(39-47)45-31-35-58(75-56-27-12-8-25-52(56)64-60(75)37-33-50-48-23-10-14-29-62(48)77-66(50)64)54(40-45)46-32-36-59(55(41-46)70-73-68(42-17-4-2-5-18-42)72-69(74-70)43-19-6-3-7-20-43)76-57-28-13-9-26-53(57)65-61(76)38-34-51-49-24-11-15-30-63(49)78-67(51)65/h2-41H. The van der Waals surface area contributed by atoms with Crippen molar-refractivity contribution in [3.8, 4) is 67.8 Å². The Hall–Kier alpha value is -10.9. The summed E-state index contributed by atoms with van der Waals surface area (Å²) in [5, 5.41) is 8.53. The van der Waals surface area contributed by atoms with Gasteiger partial charge in [-0.3, -0.25) is 0 Å². The average Bonchev–Trinajstić information content (AvgIpc) is 4.42. The van der Waals surface area contributed by atoms with Gasteiger partial charge < -0.3 is 18.0 Å². The molecule has 5 heterocycles. The summed E-state index contributed by atoms with van der Waals surface area (Å²) >= 11 is 0. The van der Waals surface area contributed by atoms with Gasteiger partial charge in [0.1, 0.15) is 22.3 Å². The van der Waals surface area contributed by atoms with E-state index in [0.29, 0.717) is 23.2 Å². The van der Waals surface area contributed by atoms with Crippen LogP contribution in [0.2, 0.25) is 0 Å². The third-order valence-electron chi connectivity index (χ3n) is 15.4. The zero-order valence-corrected chi connectivity index (χ0v) is 41.6. The summed E-state index contributed by atoms with van der Waals surface area (Å²) in [5.41, 5.74) is 16.3. The molecular weight excluding hydrogens is 957 g/mol. The van der Waals surface area contributed by atoms with Gasteiger partial charge in [0.25, 0.3) is 0 Å². The smallest absolute Gasteiger partial charge is 0.187 e. The van der Waals surface area contributed by atoms with Crippen LogP contribution < -0.4 is 0 Å². The fourth-order valence-corrected chi connectivity index (χ4v) is 11.9. The molecule has 0 spiro atoms. The molecule has 78 heavy (non-hydrogen) atoms. The lowest BCUT2D eigenvalue weighted by atomic mass is 9.95. The Labute approximate surface area is 445 Å². The van der Waals surface area contributed by atoms with Gasteiger partial charge in [-0.15, -0.1) is 0 Å². The molecule has 0 saturated heterocycles. The van der Waals surface area contributed by atoms with Gasteiger partial charge in [-0.05, 0) is 95.6 Å². The van der Waals surface area contributed by atoms with Crippen molar-refractivity contribution in [3.05, 3.63) is 254 Å². The quantitative estimate of drug-likeness (QED) is 0.149. The monoisotopic (exact) mass is 996 g/mol.